The largest absolute Gasteiger partial charge is 0.312 e. The van der Waals surface area contributed by atoms with Crippen LogP contribution in [0.3, 0.4) is 0 Å². The fourth-order valence-electron chi connectivity index (χ4n) is 2.52. The Labute approximate surface area is 118 Å². The Morgan fingerprint density at radius 2 is 1.95 bits per heavy atom. The summed E-state index contributed by atoms with van der Waals surface area (Å²) in [4.78, 5) is 2.51. The number of hydrogen-bond acceptors (Lipinski definition) is 2. The van der Waals surface area contributed by atoms with Crippen LogP contribution in [0.4, 0.5) is 0 Å². The van der Waals surface area contributed by atoms with E-state index in [0.717, 1.165) is 18.5 Å². The molecule has 0 saturated heterocycles. The minimum atomic E-state index is 0.496. The van der Waals surface area contributed by atoms with Gasteiger partial charge < -0.3 is 5.32 Å². The van der Waals surface area contributed by atoms with E-state index in [1.807, 2.05) is 0 Å². The zero-order chi connectivity index (χ0) is 13.7. The zero-order valence-corrected chi connectivity index (χ0v) is 12.6. The second kappa shape index (κ2) is 7.06. The van der Waals surface area contributed by atoms with E-state index in [4.69, 9.17) is 0 Å². The van der Waals surface area contributed by atoms with E-state index in [9.17, 15) is 0 Å². The van der Waals surface area contributed by atoms with E-state index in [1.165, 1.54) is 31.4 Å². The molecule has 2 rings (SSSR count). The third kappa shape index (κ3) is 4.63. The Morgan fingerprint density at radius 3 is 2.53 bits per heavy atom. The van der Waals surface area contributed by atoms with Gasteiger partial charge in [0.05, 0.1) is 0 Å². The Kier molecular flexibility index (Phi) is 5.41. The normalized spacial score (nSPS) is 18.5. The number of nitrogens with one attached hydrogen (secondary N) is 1. The van der Waals surface area contributed by atoms with Gasteiger partial charge >= 0.3 is 0 Å². The molecule has 0 amide bonds. The lowest BCUT2D eigenvalue weighted by molar-refractivity contribution is 0.205. The predicted molar refractivity (Wildman–Crippen MR) is 82.3 cm³/mol. The van der Waals surface area contributed by atoms with Crippen LogP contribution in [0.2, 0.25) is 0 Å². The van der Waals surface area contributed by atoms with E-state index in [0.29, 0.717) is 6.04 Å². The molecule has 1 aromatic carbocycles. The molecule has 0 spiro atoms. The highest BCUT2D eigenvalue weighted by Gasteiger charge is 2.24. The highest BCUT2D eigenvalue weighted by Crippen LogP contribution is 2.23. The number of nitrogens with zero attached hydrogens (tertiary/aromatic N) is 1. The second-order valence-electron chi connectivity index (χ2n) is 6.06. The van der Waals surface area contributed by atoms with Crippen molar-refractivity contribution in [1.82, 2.24) is 10.2 Å². The Bertz CT molecular complexity index is 359. The minimum Gasteiger partial charge on any atom is -0.312 e. The zero-order valence-electron chi connectivity index (χ0n) is 12.6. The van der Waals surface area contributed by atoms with Gasteiger partial charge in [0.1, 0.15) is 0 Å². The van der Waals surface area contributed by atoms with Crippen molar-refractivity contribution < 1.29 is 0 Å². The standard InChI is InChI=1S/C17H28N2/c1-4-14(2)13-19(3)17(12-18-16-10-11-16)15-8-6-5-7-9-15/h5-9,14,16-18H,4,10-13H2,1-3H3. The van der Waals surface area contributed by atoms with Crippen LogP contribution in [0.15, 0.2) is 30.3 Å². The molecule has 1 N–H and O–H groups in total. The third-order valence-corrected chi connectivity index (χ3v) is 4.19. The highest BCUT2D eigenvalue weighted by atomic mass is 15.2. The molecule has 1 fully saturated rings. The summed E-state index contributed by atoms with van der Waals surface area (Å²) in [6.07, 6.45) is 3.97. The van der Waals surface area contributed by atoms with Gasteiger partial charge in [-0.2, -0.15) is 0 Å². The first kappa shape index (κ1) is 14.5. The molecule has 1 saturated carbocycles. The smallest absolute Gasteiger partial charge is 0.0469 e. The topological polar surface area (TPSA) is 15.3 Å². The number of hydrogen-bond donors (Lipinski definition) is 1. The van der Waals surface area contributed by atoms with Crippen LogP contribution in [-0.4, -0.2) is 31.1 Å². The van der Waals surface area contributed by atoms with Crippen molar-refractivity contribution in [3.8, 4) is 0 Å². The highest BCUT2D eigenvalue weighted by molar-refractivity contribution is 5.19. The average molecular weight is 260 g/mol. The Hall–Kier alpha value is -0.860. The number of rotatable bonds is 8. The van der Waals surface area contributed by atoms with E-state index in [1.54, 1.807) is 0 Å². The SMILES string of the molecule is CCC(C)CN(C)C(CNC1CC1)c1ccccc1. The van der Waals surface area contributed by atoms with E-state index >= 15 is 0 Å². The van der Waals surface area contributed by atoms with Crippen molar-refractivity contribution in [3.63, 3.8) is 0 Å². The fraction of sp³-hybridized carbons (Fsp3) is 0.647. The van der Waals surface area contributed by atoms with Crippen LogP contribution >= 0.6 is 0 Å². The van der Waals surface area contributed by atoms with Crippen molar-refractivity contribution in [2.24, 2.45) is 5.92 Å². The molecule has 1 aliphatic carbocycles. The van der Waals surface area contributed by atoms with E-state index in [-0.39, 0.29) is 0 Å². The summed E-state index contributed by atoms with van der Waals surface area (Å²) in [7, 11) is 2.26. The molecule has 2 heteroatoms. The van der Waals surface area contributed by atoms with Gasteiger partial charge in [-0.3, -0.25) is 4.90 Å². The summed E-state index contributed by atoms with van der Waals surface area (Å²) >= 11 is 0. The lowest BCUT2D eigenvalue weighted by Crippen LogP contribution is -2.36. The van der Waals surface area contributed by atoms with Gasteiger partial charge in [-0.25, -0.2) is 0 Å². The van der Waals surface area contributed by atoms with Gasteiger partial charge in [-0.15, -0.1) is 0 Å². The molecule has 0 bridgehead atoms. The monoisotopic (exact) mass is 260 g/mol. The molecule has 0 aliphatic heterocycles. The van der Waals surface area contributed by atoms with Gasteiger partial charge in [0.15, 0.2) is 0 Å². The molecule has 19 heavy (non-hydrogen) atoms. The van der Waals surface area contributed by atoms with Crippen molar-refractivity contribution in [1.29, 1.82) is 0 Å². The van der Waals surface area contributed by atoms with Gasteiger partial charge in [0.2, 0.25) is 0 Å². The molecule has 0 radical (unpaired) electrons. The van der Waals surface area contributed by atoms with Crippen LogP contribution in [-0.2, 0) is 0 Å². The van der Waals surface area contributed by atoms with Gasteiger partial charge in [-0.1, -0.05) is 50.6 Å². The second-order valence-corrected chi connectivity index (χ2v) is 6.06. The minimum absolute atomic E-state index is 0.496. The first-order valence-corrected chi connectivity index (χ1v) is 7.69. The van der Waals surface area contributed by atoms with Crippen LogP contribution in [0.1, 0.15) is 44.7 Å². The van der Waals surface area contributed by atoms with Crippen LogP contribution < -0.4 is 5.32 Å². The average Bonchev–Trinajstić information content (AvgIpc) is 3.24. The van der Waals surface area contributed by atoms with Crippen molar-refractivity contribution in [2.45, 2.75) is 45.2 Å². The number of benzene rings is 1. The van der Waals surface area contributed by atoms with E-state index < -0.39 is 0 Å². The molecular weight excluding hydrogens is 232 g/mol. The number of likely N-dealkylation sites (N-methyl/N-ethyl adjacent to an activating group) is 1. The fourth-order valence-corrected chi connectivity index (χ4v) is 2.52. The lowest BCUT2D eigenvalue weighted by Gasteiger charge is -2.31. The molecule has 1 aliphatic rings. The molecule has 106 valence electrons. The summed E-state index contributed by atoms with van der Waals surface area (Å²) in [5.41, 5.74) is 1.43. The summed E-state index contributed by atoms with van der Waals surface area (Å²) < 4.78 is 0. The van der Waals surface area contributed by atoms with Gasteiger partial charge in [0.25, 0.3) is 0 Å². The van der Waals surface area contributed by atoms with Crippen LogP contribution in [0.5, 0.6) is 0 Å². The van der Waals surface area contributed by atoms with Gasteiger partial charge in [-0.05, 0) is 31.4 Å². The Balaban J connectivity index is 1.99. The third-order valence-electron chi connectivity index (χ3n) is 4.19. The van der Waals surface area contributed by atoms with Crippen molar-refractivity contribution >= 4 is 0 Å². The Morgan fingerprint density at radius 1 is 1.26 bits per heavy atom. The van der Waals surface area contributed by atoms with Crippen molar-refractivity contribution in [3.05, 3.63) is 35.9 Å². The quantitative estimate of drug-likeness (QED) is 0.770. The maximum atomic E-state index is 3.69. The molecule has 2 nitrogen and oxygen atoms in total. The first-order valence-electron chi connectivity index (χ1n) is 7.69. The summed E-state index contributed by atoms with van der Waals surface area (Å²) in [6.45, 7) is 6.86. The summed E-state index contributed by atoms with van der Waals surface area (Å²) in [5.74, 6) is 0.761. The van der Waals surface area contributed by atoms with E-state index in [2.05, 4.69) is 61.4 Å². The molecular formula is C17H28N2. The maximum Gasteiger partial charge on any atom is 0.0469 e. The van der Waals surface area contributed by atoms with Crippen LogP contribution in [0, 0.1) is 5.92 Å². The predicted octanol–water partition coefficient (Wildman–Crippen LogP) is 3.46. The molecule has 2 atom stereocenters. The molecule has 0 heterocycles. The first-order chi connectivity index (χ1) is 9.20. The van der Waals surface area contributed by atoms with Crippen molar-refractivity contribution in [2.75, 3.05) is 20.1 Å². The molecule has 1 aromatic rings. The summed E-state index contributed by atoms with van der Waals surface area (Å²) in [6, 6.07) is 12.2. The molecule has 0 aromatic heterocycles. The van der Waals surface area contributed by atoms with Crippen LogP contribution in [0.25, 0.3) is 0 Å². The van der Waals surface area contributed by atoms with Gasteiger partial charge in [0, 0.05) is 25.2 Å². The lowest BCUT2D eigenvalue weighted by atomic mass is 10.0. The summed E-state index contributed by atoms with van der Waals surface area (Å²) in [5, 5.41) is 3.69. The molecule has 2 unspecified atom stereocenters. The maximum absolute atomic E-state index is 3.69.